The molecule has 0 spiro atoms. The molecule has 0 fully saturated rings. The second kappa shape index (κ2) is 5.72. The van der Waals surface area contributed by atoms with Crippen molar-refractivity contribution in [2.75, 3.05) is 0 Å². The van der Waals surface area contributed by atoms with Gasteiger partial charge in [0.05, 0.1) is 6.26 Å². The summed E-state index contributed by atoms with van der Waals surface area (Å²) in [6.07, 6.45) is 1.40. The molecule has 0 aliphatic heterocycles. The van der Waals surface area contributed by atoms with Crippen LogP contribution < -0.4 is 10.4 Å². The highest BCUT2D eigenvalue weighted by atomic mass is 32.1. The van der Waals surface area contributed by atoms with Gasteiger partial charge in [-0.2, -0.15) is 4.99 Å². The molecule has 104 valence electrons. The predicted molar refractivity (Wildman–Crippen MR) is 79.0 cm³/mol. The van der Waals surface area contributed by atoms with Crippen LogP contribution in [0, 0.1) is 0 Å². The summed E-state index contributed by atoms with van der Waals surface area (Å²) in [6, 6.07) is 14.1. The van der Waals surface area contributed by atoms with Crippen LogP contribution >= 0.6 is 11.3 Å². The van der Waals surface area contributed by atoms with E-state index in [2.05, 4.69) is 9.98 Å². The Balaban J connectivity index is 2.07. The lowest BCUT2D eigenvalue weighted by Gasteiger charge is -1.98. The summed E-state index contributed by atoms with van der Waals surface area (Å²) in [5.74, 6) is -0.398. The smallest absolute Gasteiger partial charge is 0.315 e. The largest absolute Gasteiger partial charge is 0.459 e. The zero-order valence-corrected chi connectivity index (χ0v) is 11.6. The zero-order chi connectivity index (χ0) is 14.7. The molecule has 2 heterocycles. The summed E-state index contributed by atoms with van der Waals surface area (Å²) in [5.41, 5.74) is 0.592. The zero-order valence-electron chi connectivity index (χ0n) is 10.8. The van der Waals surface area contributed by atoms with E-state index in [-0.39, 0.29) is 16.1 Å². The molecule has 0 radical (unpaired) electrons. The van der Waals surface area contributed by atoms with Gasteiger partial charge in [0.2, 0.25) is 0 Å². The first kappa shape index (κ1) is 13.3. The van der Waals surface area contributed by atoms with Crippen LogP contribution in [-0.4, -0.2) is 10.9 Å². The van der Waals surface area contributed by atoms with Crippen LogP contribution in [0.5, 0.6) is 0 Å². The van der Waals surface area contributed by atoms with E-state index in [1.807, 2.05) is 30.3 Å². The molecule has 1 N–H and O–H groups in total. The van der Waals surface area contributed by atoms with Crippen molar-refractivity contribution >= 4 is 17.2 Å². The average Bonchev–Trinajstić information content (AvgIpc) is 3.02. The van der Waals surface area contributed by atoms with E-state index in [1.165, 1.54) is 29.7 Å². The van der Waals surface area contributed by atoms with Crippen molar-refractivity contribution in [1.82, 2.24) is 4.98 Å². The number of aromatic amines is 1. The topological polar surface area (TPSA) is 75.4 Å². The number of benzene rings is 1. The van der Waals surface area contributed by atoms with Gasteiger partial charge >= 0.3 is 5.91 Å². The standard InChI is InChI=1S/C15H10N2O3S/c18-13-9-12(10-5-2-1-3-6-10)21-15(16-13)17-14(19)11-7-4-8-20-11/h1-9H,(H,16,17,18,19). The van der Waals surface area contributed by atoms with E-state index >= 15 is 0 Å². The van der Waals surface area contributed by atoms with Crippen molar-refractivity contribution in [3.8, 4) is 10.4 Å². The Kier molecular flexibility index (Phi) is 3.61. The van der Waals surface area contributed by atoms with Crippen molar-refractivity contribution < 1.29 is 9.21 Å². The van der Waals surface area contributed by atoms with Crippen LogP contribution in [0.25, 0.3) is 10.4 Å². The number of hydrogen-bond acceptors (Lipinski definition) is 4. The Labute approximate surface area is 123 Å². The maximum Gasteiger partial charge on any atom is 0.315 e. The number of amides is 1. The number of furan rings is 1. The molecule has 0 saturated carbocycles. The maximum atomic E-state index is 11.9. The van der Waals surface area contributed by atoms with E-state index in [4.69, 9.17) is 4.42 Å². The van der Waals surface area contributed by atoms with Gasteiger partial charge in [0.25, 0.3) is 5.56 Å². The highest BCUT2D eigenvalue weighted by Gasteiger charge is 2.07. The quantitative estimate of drug-likeness (QED) is 0.789. The fourth-order valence-corrected chi connectivity index (χ4v) is 2.67. The Hall–Kier alpha value is -2.73. The summed E-state index contributed by atoms with van der Waals surface area (Å²) < 4.78 is 4.98. The first-order valence-corrected chi connectivity index (χ1v) is 6.96. The molecule has 5 nitrogen and oxygen atoms in total. The summed E-state index contributed by atoms with van der Waals surface area (Å²) >= 11 is 1.23. The van der Waals surface area contributed by atoms with E-state index in [0.29, 0.717) is 0 Å². The minimum absolute atomic E-state index is 0.133. The second-order valence-corrected chi connectivity index (χ2v) is 5.20. The van der Waals surface area contributed by atoms with Gasteiger partial charge in [0.1, 0.15) is 0 Å². The molecule has 0 aliphatic rings. The first-order valence-electron chi connectivity index (χ1n) is 6.15. The van der Waals surface area contributed by atoms with Crippen LogP contribution in [0.1, 0.15) is 10.6 Å². The average molecular weight is 298 g/mol. The minimum atomic E-state index is -0.530. The third-order valence-electron chi connectivity index (χ3n) is 2.69. The molecule has 0 aliphatic carbocycles. The van der Waals surface area contributed by atoms with Gasteiger partial charge in [-0.15, -0.1) is 0 Å². The van der Waals surface area contributed by atoms with Crippen LogP contribution in [0.3, 0.4) is 0 Å². The number of carbonyl (C=O) groups is 1. The summed E-state index contributed by atoms with van der Waals surface area (Å²) in [7, 11) is 0. The van der Waals surface area contributed by atoms with Gasteiger partial charge in [-0.05, 0) is 17.7 Å². The Morgan fingerprint density at radius 3 is 2.67 bits per heavy atom. The Morgan fingerprint density at radius 2 is 1.95 bits per heavy atom. The minimum Gasteiger partial charge on any atom is -0.459 e. The normalized spacial score (nSPS) is 11.5. The maximum absolute atomic E-state index is 11.9. The molecule has 0 bridgehead atoms. The van der Waals surface area contributed by atoms with Crippen LogP contribution in [0.15, 0.2) is 69.0 Å². The number of H-pyrrole nitrogens is 1. The fraction of sp³-hybridized carbons (Fsp3) is 0. The van der Waals surface area contributed by atoms with Crippen molar-refractivity contribution in [2.24, 2.45) is 4.99 Å². The summed E-state index contributed by atoms with van der Waals surface area (Å²) in [4.78, 5) is 31.0. The fourth-order valence-electron chi connectivity index (χ4n) is 1.76. The molecule has 3 aromatic rings. The Morgan fingerprint density at radius 1 is 1.14 bits per heavy atom. The summed E-state index contributed by atoms with van der Waals surface area (Å²) in [6.45, 7) is 0. The van der Waals surface area contributed by atoms with Crippen LogP contribution in [-0.2, 0) is 0 Å². The van der Waals surface area contributed by atoms with Crippen LogP contribution in [0.4, 0.5) is 0 Å². The molecule has 6 heteroatoms. The number of hydrogen-bond donors (Lipinski definition) is 1. The highest BCUT2D eigenvalue weighted by Crippen LogP contribution is 2.18. The van der Waals surface area contributed by atoms with Gasteiger partial charge < -0.3 is 4.42 Å². The lowest BCUT2D eigenvalue weighted by Crippen LogP contribution is -2.18. The molecular weight excluding hydrogens is 288 g/mol. The molecule has 1 aromatic carbocycles. The van der Waals surface area contributed by atoms with E-state index in [9.17, 15) is 9.59 Å². The van der Waals surface area contributed by atoms with Crippen molar-refractivity contribution in [3.63, 3.8) is 0 Å². The van der Waals surface area contributed by atoms with E-state index in [0.717, 1.165) is 10.4 Å². The third kappa shape index (κ3) is 3.06. The second-order valence-electron chi connectivity index (χ2n) is 4.17. The van der Waals surface area contributed by atoms with Crippen LogP contribution in [0.2, 0.25) is 0 Å². The molecule has 0 atom stereocenters. The lowest BCUT2D eigenvalue weighted by atomic mass is 10.2. The number of nitrogens with zero attached hydrogens (tertiary/aromatic N) is 1. The molecule has 3 rings (SSSR count). The third-order valence-corrected chi connectivity index (χ3v) is 3.65. The van der Waals surface area contributed by atoms with Crippen molar-refractivity contribution in [2.45, 2.75) is 0 Å². The van der Waals surface area contributed by atoms with Crippen molar-refractivity contribution in [1.29, 1.82) is 0 Å². The van der Waals surface area contributed by atoms with Gasteiger partial charge in [0.15, 0.2) is 10.6 Å². The number of carbonyl (C=O) groups excluding carboxylic acids is 1. The van der Waals surface area contributed by atoms with Crippen molar-refractivity contribution in [3.05, 3.63) is 75.7 Å². The van der Waals surface area contributed by atoms with Gasteiger partial charge in [-0.25, -0.2) is 0 Å². The number of nitrogens with one attached hydrogen (secondary N) is 1. The molecule has 0 unspecified atom stereocenters. The number of aromatic nitrogens is 1. The monoisotopic (exact) mass is 298 g/mol. The molecule has 2 aromatic heterocycles. The predicted octanol–water partition coefficient (Wildman–Crippen LogP) is 2.44. The molecular formula is C15H10N2O3S. The molecule has 1 amide bonds. The van der Waals surface area contributed by atoms with E-state index < -0.39 is 5.91 Å². The molecule has 0 saturated heterocycles. The van der Waals surface area contributed by atoms with E-state index in [1.54, 1.807) is 6.07 Å². The lowest BCUT2D eigenvalue weighted by molar-refractivity contribution is 0.0972. The van der Waals surface area contributed by atoms with Gasteiger partial charge in [-0.3, -0.25) is 14.6 Å². The highest BCUT2D eigenvalue weighted by molar-refractivity contribution is 7.12. The van der Waals surface area contributed by atoms with Gasteiger partial charge in [0, 0.05) is 10.9 Å². The summed E-state index contributed by atoms with van der Waals surface area (Å²) in [5, 5.41) is 0. The SMILES string of the molecule is O=C(N=c1[nH]c(=O)cc(-c2ccccc2)s1)c1ccco1. The number of rotatable bonds is 2. The first-order chi connectivity index (χ1) is 10.2. The Bertz CT molecular complexity index is 877. The van der Waals surface area contributed by atoms with Gasteiger partial charge in [-0.1, -0.05) is 41.7 Å². The molecule has 21 heavy (non-hydrogen) atoms.